The molecule has 0 aliphatic carbocycles. The van der Waals surface area contributed by atoms with Crippen LogP contribution in [-0.2, 0) is 6.42 Å². The van der Waals surface area contributed by atoms with E-state index in [1.165, 1.54) is 20.7 Å². The van der Waals surface area contributed by atoms with Crippen LogP contribution in [-0.4, -0.2) is 18.3 Å². The number of hydrogen-bond acceptors (Lipinski definition) is 3. The Morgan fingerprint density at radius 3 is 2.75 bits per heavy atom. The van der Waals surface area contributed by atoms with E-state index >= 15 is 0 Å². The molecule has 1 heterocycles. The van der Waals surface area contributed by atoms with Crippen LogP contribution in [0.3, 0.4) is 0 Å². The minimum atomic E-state index is 0.533. The van der Waals surface area contributed by atoms with Gasteiger partial charge < -0.3 is 5.32 Å². The van der Waals surface area contributed by atoms with Gasteiger partial charge in [-0.1, -0.05) is 25.1 Å². The predicted octanol–water partition coefficient (Wildman–Crippen LogP) is 5.21. The Balaban J connectivity index is 1.89. The highest BCUT2D eigenvalue weighted by Gasteiger charge is 2.11. The Morgan fingerprint density at radius 2 is 2.10 bits per heavy atom. The molecule has 108 valence electrons. The van der Waals surface area contributed by atoms with Gasteiger partial charge >= 0.3 is 0 Å². The first kappa shape index (κ1) is 16.1. The number of thiophene rings is 1. The number of halogens is 1. The fraction of sp³-hybridized carbons (Fsp3) is 0.375. The van der Waals surface area contributed by atoms with Crippen molar-refractivity contribution < 1.29 is 0 Å². The van der Waals surface area contributed by atoms with Gasteiger partial charge in [-0.15, -0.1) is 23.1 Å². The molecular formula is C16H20BrNS2. The molecule has 1 aromatic carbocycles. The molecular weight excluding hydrogens is 350 g/mol. The Bertz CT molecular complexity index is 498. The summed E-state index contributed by atoms with van der Waals surface area (Å²) in [4.78, 5) is 2.79. The molecule has 0 radical (unpaired) electrons. The van der Waals surface area contributed by atoms with Gasteiger partial charge in [0.1, 0.15) is 0 Å². The number of thioether (sulfide) groups is 1. The average molecular weight is 370 g/mol. The molecule has 2 rings (SSSR count). The van der Waals surface area contributed by atoms with Gasteiger partial charge in [0, 0.05) is 31.4 Å². The molecule has 0 fully saturated rings. The molecule has 0 spiro atoms. The largest absolute Gasteiger partial charge is 0.313 e. The van der Waals surface area contributed by atoms with Crippen molar-refractivity contribution in [3.63, 3.8) is 0 Å². The maximum atomic E-state index is 3.67. The average Bonchev–Trinajstić information content (AvgIpc) is 2.88. The smallest absolute Gasteiger partial charge is 0.0285 e. The topological polar surface area (TPSA) is 12.0 Å². The molecule has 1 atom stereocenters. The van der Waals surface area contributed by atoms with Gasteiger partial charge in [0.25, 0.3) is 0 Å². The Kier molecular flexibility index (Phi) is 7.14. The van der Waals surface area contributed by atoms with Gasteiger partial charge in [0.05, 0.1) is 0 Å². The minimum absolute atomic E-state index is 0.533. The second-order valence-electron chi connectivity index (χ2n) is 4.71. The van der Waals surface area contributed by atoms with E-state index in [-0.39, 0.29) is 0 Å². The van der Waals surface area contributed by atoms with Crippen molar-refractivity contribution in [2.24, 2.45) is 0 Å². The summed E-state index contributed by atoms with van der Waals surface area (Å²) in [5, 5.41) is 5.83. The van der Waals surface area contributed by atoms with Gasteiger partial charge in [-0.2, -0.15) is 0 Å². The third-order valence-electron chi connectivity index (χ3n) is 2.95. The van der Waals surface area contributed by atoms with Crippen LogP contribution in [0.2, 0.25) is 0 Å². The standard InChI is InChI=1S/C16H20BrNS2/c1-2-8-18-14(10-16-9-13(17)11-19-16)12-20-15-6-4-3-5-7-15/h3-7,9,11,14,18H,2,8,10,12H2,1H3. The third kappa shape index (κ3) is 5.60. The summed E-state index contributed by atoms with van der Waals surface area (Å²) in [5.74, 6) is 1.11. The van der Waals surface area contributed by atoms with Crippen LogP contribution in [0.1, 0.15) is 18.2 Å². The van der Waals surface area contributed by atoms with Crippen LogP contribution < -0.4 is 5.32 Å². The molecule has 0 saturated heterocycles. The Labute approximate surface area is 138 Å². The van der Waals surface area contributed by atoms with Gasteiger partial charge in [0.2, 0.25) is 0 Å². The highest BCUT2D eigenvalue weighted by Crippen LogP contribution is 2.23. The second-order valence-corrected chi connectivity index (χ2v) is 7.72. The predicted molar refractivity (Wildman–Crippen MR) is 95.0 cm³/mol. The van der Waals surface area contributed by atoms with Crippen molar-refractivity contribution >= 4 is 39.0 Å². The summed E-state index contributed by atoms with van der Waals surface area (Å²) in [6, 6.07) is 13.4. The first-order valence-electron chi connectivity index (χ1n) is 6.92. The van der Waals surface area contributed by atoms with Gasteiger partial charge in [-0.3, -0.25) is 0 Å². The number of hydrogen-bond donors (Lipinski definition) is 1. The first-order valence-corrected chi connectivity index (χ1v) is 9.58. The SMILES string of the molecule is CCCNC(CSc1ccccc1)Cc1cc(Br)cs1. The van der Waals surface area contributed by atoms with Crippen LogP contribution in [0, 0.1) is 0 Å². The van der Waals surface area contributed by atoms with E-state index in [1.54, 1.807) is 0 Å². The zero-order valence-electron chi connectivity index (χ0n) is 11.6. The third-order valence-corrected chi connectivity index (χ3v) is 5.84. The van der Waals surface area contributed by atoms with E-state index in [9.17, 15) is 0 Å². The van der Waals surface area contributed by atoms with Crippen molar-refractivity contribution in [2.75, 3.05) is 12.3 Å². The first-order chi connectivity index (χ1) is 9.78. The number of benzene rings is 1. The summed E-state index contributed by atoms with van der Waals surface area (Å²) >= 11 is 7.31. The highest BCUT2D eigenvalue weighted by molar-refractivity contribution is 9.10. The van der Waals surface area contributed by atoms with Crippen LogP contribution in [0.4, 0.5) is 0 Å². The van der Waals surface area contributed by atoms with Crippen molar-refractivity contribution in [2.45, 2.75) is 30.7 Å². The van der Waals surface area contributed by atoms with E-state index in [0.29, 0.717) is 6.04 Å². The van der Waals surface area contributed by atoms with Crippen molar-refractivity contribution in [1.82, 2.24) is 5.32 Å². The molecule has 1 aromatic heterocycles. The Hall–Kier alpha value is -0.290. The summed E-state index contributed by atoms with van der Waals surface area (Å²) < 4.78 is 1.20. The molecule has 4 heteroatoms. The monoisotopic (exact) mass is 369 g/mol. The fourth-order valence-electron chi connectivity index (χ4n) is 1.96. The summed E-state index contributed by atoms with van der Waals surface area (Å²) in [5.41, 5.74) is 0. The van der Waals surface area contributed by atoms with Crippen LogP contribution in [0.25, 0.3) is 0 Å². The van der Waals surface area contributed by atoms with Crippen LogP contribution in [0.15, 0.2) is 51.1 Å². The van der Waals surface area contributed by atoms with E-state index in [1.807, 2.05) is 23.1 Å². The van der Waals surface area contributed by atoms with E-state index < -0.39 is 0 Å². The van der Waals surface area contributed by atoms with Crippen molar-refractivity contribution in [1.29, 1.82) is 0 Å². The molecule has 0 bridgehead atoms. The molecule has 1 N–H and O–H groups in total. The van der Waals surface area contributed by atoms with Gasteiger partial charge in [-0.05, 0) is 53.5 Å². The van der Waals surface area contributed by atoms with Crippen LogP contribution >= 0.6 is 39.0 Å². The lowest BCUT2D eigenvalue weighted by Gasteiger charge is -2.17. The van der Waals surface area contributed by atoms with Gasteiger partial charge in [0.15, 0.2) is 0 Å². The van der Waals surface area contributed by atoms with Crippen molar-refractivity contribution in [3.8, 4) is 0 Å². The van der Waals surface area contributed by atoms with Crippen molar-refractivity contribution in [3.05, 3.63) is 51.1 Å². The zero-order valence-corrected chi connectivity index (χ0v) is 14.9. The quantitative estimate of drug-likeness (QED) is 0.640. The number of rotatable bonds is 8. The second kappa shape index (κ2) is 8.88. The Morgan fingerprint density at radius 1 is 1.30 bits per heavy atom. The molecule has 0 aliphatic rings. The molecule has 20 heavy (non-hydrogen) atoms. The molecule has 0 saturated carbocycles. The molecule has 1 unspecified atom stereocenters. The lowest BCUT2D eigenvalue weighted by atomic mass is 10.2. The highest BCUT2D eigenvalue weighted by atomic mass is 79.9. The maximum Gasteiger partial charge on any atom is 0.0285 e. The molecule has 0 amide bonds. The summed E-state index contributed by atoms with van der Waals surface area (Å²) in [6.07, 6.45) is 2.29. The normalized spacial score (nSPS) is 12.5. The maximum absolute atomic E-state index is 3.67. The fourth-order valence-corrected chi connectivity index (χ4v) is 4.47. The van der Waals surface area contributed by atoms with Gasteiger partial charge in [-0.25, -0.2) is 0 Å². The number of nitrogens with one attached hydrogen (secondary N) is 1. The van der Waals surface area contributed by atoms with E-state index in [0.717, 1.165) is 18.7 Å². The van der Waals surface area contributed by atoms with Crippen LogP contribution in [0.5, 0.6) is 0 Å². The lowest BCUT2D eigenvalue weighted by molar-refractivity contribution is 0.553. The zero-order chi connectivity index (χ0) is 14.2. The molecule has 2 aromatic rings. The van der Waals surface area contributed by atoms with E-state index in [2.05, 4.69) is 69.9 Å². The minimum Gasteiger partial charge on any atom is -0.313 e. The summed E-state index contributed by atoms with van der Waals surface area (Å²) in [7, 11) is 0. The lowest BCUT2D eigenvalue weighted by Crippen LogP contribution is -2.33. The van der Waals surface area contributed by atoms with E-state index in [4.69, 9.17) is 0 Å². The summed E-state index contributed by atoms with van der Waals surface area (Å²) in [6.45, 7) is 3.31. The molecule has 0 aliphatic heterocycles. The molecule has 1 nitrogen and oxygen atoms in total.